The van der Waals surface area contributed by atoms with Crippen molar-refractivity contribution in [3.63, 3.8) is 0 Å². The summed E-state index contributed by atoms with van der Waals surface area (Å²) in [7, 11) is 3.62. The van der Waals surface area contributed by atoms with E-state index < -0.39 is 0 Å². The first-order valence-electron chi connectivity index (χ1n) is 9.61. The van der Waals surface area contributed by atoms with Gasteiger partial charge in [-0.2, -0.15) is 10.1 Å². The fourth-order valence-electron chi connectivity index (χ4n) is 4.61. The zero-order valence-corrected chi connectivity index (χ0v) is 16.6. The molecule has 3 aromatic rings. The molecule has 5 rings (SSSR count). The Kier molecular flexibility index (Phi) is 3.68. The molecule has 9 nitrogen and oxygen atoms in total. The Bertz CT molecular complexity index is 1120. The molecule has 28 heavy (non-hydrogen) atoms. The van der Waals surface area contributed by atoms with Crippen molar-refractivity contribution in [2.75, 3.05) is 36.0 Å². The van der Waals surface area contributed by atoms with E-state index in [1.807, 2.05) is 14.0 Å². The van der Waals surface area contributed by atoms with E-state index in [4.69, 9.17) is 4.98 Å². The highest BCUT2D eigenvalue weighted by Crippen LogP contribution is 2.36. The average Bonchev–Trinajstić information content (AvgIpc) is 3.34. The van der Waals surface area contributed by atoms with Gasteiger partial charge in [0, 0.05) is 63.4 Å². The summed E-state index contributed by atoms with van der Waals surface area (Å²) in [5, 5.41) is 4.75. The average molecular weight is 380 g/mol. The number of nitrogens with zero attached hydrogens (tertiary/aromatic N) is 8. The monoisotopic (exact) mass is 380 g/mol. The lowest BCUT2D eigenvalue weighted by Crippen LogP contribution is -2.34. The molecule has 0 saturated carbocycles. The Morgan fingerprint density at radius 2 is 1.68 bits per heavy atom. The van der Waals surface area contributed by atoms with Gasteiger partial charge in [-0.05, 0) is 13.8 Å². The quantitative estimate of drug-likeness (QED) is 0.645. The molecular weight excluding hydrogens is 356 g/mol. The molecule has 0 bridgehead atoms. The van der Waals surface area contributed by atoms with Gasteiger partial charge in [0.1, 0.15) is 17.5 Å². The van der Waals surface area contributed by atoms with E-state index in [1.54, 1.807) is 28.8 Å². The summed E-state index contributed by atoms with van der Waals surface area (Å²) in [4.78, 5) is 30.9. The Labute approximate surface area is 162 Å². The van der Waals surface area contributed by atoms with Crippen molar-refractivity contribution in [2.24, 2.45) is 25.9 Å². The molecule has 5 heterocycles. The maximum absolute atomic E-state index is 12.7. The summed E-state index contributed by atoms with van der Waals surface area (Å²) >= 11 is 0. The van der Waals surface area contributed by atoms with Crippen molar-refractivity contribution >= 4 is 22.8 Å². The van der Waals surface area contributed by atoms with Gasteiger partial charge in [0.15, 0.2) is 5.65 Å². The van der Waals surface area contributed by atoms with E-state index in [0.29, 0.717) is 22.9 Å². The molecule has 0 N–H and O–H groups in total. The van der Waals surface area contributed by atoms with Crippen molar-refractivity contribution in [2.45, 2.75) is 13.8 Å². The number of anilines is 2. The highest BCUT2D eigenvalue weighted by Gasteiger charge is 2.42. The van der Waals surface area contributed by atoms with Crippen molar-refractivity contribution in [1.29, 1.82) is 0 Å². The highest BCUT2D eigenvalue weighted by atomic mass is 16.1. The molecule has 2 aliphatic heterocycles. The van der Waals surface area contributed by atoms with E-state index >= 15 is 0 Å². The van der Waals surface area contributed by atoms with Crippen LogP contribution >= 0.6 is 0 Å². The van der Waals surface area contributed by atoms with Gasteiger partial charge in [0.2, 0.25) is 5.95 Å². The lowest BCUT2D eigenvalue weighted by atomic mass is 10.0. The molecule has 0 aliphatic carbocycles. The van der Waals surface area contributed by atoms with E-state index in [1.165, 1.54) is 0 Å². The fraction of sp³-hybridized carbons (Fsp3) is 0.526. The first-order chi connectivity index (χ1) is 13.4. The minimum Gasteiger partial charge on any atom is -0.356 e. The largest absolute Gasteiger partial charge is 0.356 e. The molecule has 2 aliphatic rings. The van der Waals surface area contributed by atoms with Crippen LogP contribution in [0.15, 0.2) is 17.3 Å². The third-order valence-corrected chi connectivity index (χ3v) is 6.33. The Balaban J connectivity index is 1.41. The molecule has 0 amide bonds. The molecule has 2 unspecified atom stereocenters. The second kappa shape index (κ2) is 6.02. The van der Waals surface area contributed by atoms with Crippen LogP contribution < -0.4 is 15.4 Å². The third kappa shape index (κ3) is 2.42. The zero-order valence-electron chi connectivity index (χ0n) is 16.6. The third-order valence-electron chi connectivity index (χ3n) is 6.33. The van der Waals surface area contributed by atoms with E-state index in [2.05, 4.69) is 31.8 Å². The van der Waals surface area contributed by atoms with Crippen LogP contribution in [0.3, 0.4) is 0 Å². The first kappa shape index (κ1) is 17.2. The molecular formula is C19H24N8O. The molecule has 2 atom stereocenters. The molecule has 146 valence electrons. The van der Waals surface area contributed by atoms with Crippen molar-refractivity contribution in [1.82, 2.24) is 29.3 Å². The van der Waals surface area contributed by atoms with Gasteiger partial charge in [-0.15, -0.1) is 0 Å². The highest BCUT2D eigenvalue weighted by molar-refractivity contribution is 5.74. The first-order valence-corrected chi connectivity index (χ1v) is 9.61. The molecule has 0 aromatic carbocycles. The summed E-state index contributed by atoms with van der Waals surface area (Å²) < 4.78 is 3.32. The maximum Gasteiger partial charge on any atom is 0.265 e. The number of aryl methyl sites for hydroxylation is 2. The predicted octanol–water partition coefficient (Wildman–Crippen LogP) is 0.646. The Morgan fingerprint density at radius 3 is 2.39 bits per heavy atom. The van der Waals surface area contributed by atoms with Gasteiger partial charge in [-0.25, -0.2) is 9.97 Å². The van der Waals surface area contributed by atoms with Gasteiger partial charge in [-0.1, -0.05) is 0 Å². The fourth-order valence-corrected chi connectivity index (χ4v) is 4.61. The maximum atomic E-state index is 12.7. The number of rotatable bonds is 2. The van der Waals surface area contributed by atoms with Crippen LogP contribution in [0.5, 0.6) is 0 Å². The van der Waals surface area contributed by atoms with Gasteiger partial charge in [0.25, 0.3) is 5.56 Å². The lowest BCUT2D eigenvalue weighted by molar-refractivity contribution is 0.533. The summed E-state index contributed by atoms with van der Waals surface area (Å²) in [5.74, 6) is 2.86. The second-order valence-corrected chi connectivity index (χ2v) is 8.02. The van der Waals surface area contributed by atoms with Crippen LogP contribution in [0.25, 0.3) is 11.0 Å². The molecule has 9 heteroatoms. The van der Waals surface area contributed by atoms with Gasteiger partial charge in [-0.3, -0.25) is 14.0 Å². The van der Waals surface area contributed by atoms with Gasteiger partial charge in [0.05, 0.1) is 6.20 Å². The van der Waals surface area contributed by atoms with Crippen LogP contribution in [-0.4, -0.2) is 55.5 Å². The lowest BCUT2D eigenvalue weighted by Gasteiger charge is -2.25. The second-order valence-electron chi connectivity index (χ2n) is 8.02. The minimum atomic E-state index is -0.0427. The van der Waals surface area contributed by atoms with E-state index in [-0.39, 0.29) is 5.56 Å². The molecule has 3 aromatic heterocycles. The van der Waals surface area contributed by atoms with Gasteiger partial charge >= 0.3 is 0 Å². The molecule has 2 saturated heterocycles. The van der Waals surface area contributed by atoms with Crippen molar-refractivity contribution in [3.8, 4) is 0 Å². The van der Waals surface area contributed by atoms with Crippen molar-refractivity contribution in [3.05, 3.63) is 34.1 Å². The van der Waals surface area contributed by atoms with Crippen LogP contribution in [0.4, 0.5) is 11.8 Å². The smallest absolute Gasteiger partial charge is 0.265 e. The summed E-state index contributed by atoms with van der Waals surface area (Å²) in [6, 6.07) is 0. The SMILES string of the molecule is Cc1ncnc(N2CC3CN(c4nc5c(cnn5C)c(=O)n4C)CC3C2)c1C. The van der Waals surface area contributed by atoms with Crippen LogP contribution in [0.2, 0.25) is 0 Å². The number of fused-ring (bicyclic) bond motifs is 2. The number of hydrogen-bond acceptors (Lipinski definition) is 7. The predicted molar refractivity (Wildman–Crippen MR) is 107 cm³/mol. The molecule has 2 fully saturated rings. The topological polar surface area (TPSA) is 85.0 Å². The van der Waals surface area contributed by atoms with Crippen LogP contribution in [0, 0.1) is 25.7 Å². The van der Waals surface area contributed by atoms with Crippen molar-refractivity contribution < 1.29 is 0 Å². The summed E-state index contributed by atoms with van der Waals surface area (Å²) in [6.07, 6.45) is 3.25. The van der Waals surface area contributed by atoms with Crippen LogP contribution in [-0.2, 0) is 14.1 Å². The zero-order chi connectivity index (χ0) is 19.6. The van der Waals surface area contributed by atoms with E-state index in [9.17, 15) is 4.79 Å². The molecule has 0 radical (unpaired) electrons. The number of aromatic nitrogens is 6. The van der Waals surface area contributed by atoms with Crippen LogP contribution in [0.1, 0.15) is 11.3 Å². The Hall–Kier alpha value is -2.97. The summed E-state index contributed by atoms with van der Waals surface area (Å²) in [5.41, 5.74) is 2.79. The molecule has 0 spiro atoms. The van der Waals surface area contributed by atoms with Gasteiger partial charge < -0.3 is 9.80 Å². The standard InChI is InChI=1S/C19H24N8O/c1-11-12(2)20-10-21-16(11)26-6-13-8-27(9-14(13)7-26)19-23-17-15(5-22-25(17)4)18(28)24(19)3/h5,10,13-14H,6-9H2,1-4H3. The number of hydrogen-bond donors (Lipinski definition) is 0. The van der Waals surface area contributed by atoms with E-state index in [0.717, 1.165) is 49.2 Å². The minimum absolute atomic E-state index is 0.0427. The Morgan fingerprint density at radius 1 is 1.00 bits per heavy atom. The summed E-state index contributed by atoms with van der Waals surface area (Å²) in [6.45, 7) is 7.86. The normalized spacial score (nSPS) is 21.7.